The zero-order valence-corrected chi connectivity index (χ0v) is 17.5. The van der Waals surface area contributed by atoms with Crippen molar-refractivity contribution in [3.63, 3.8) is 0 Å². The molecule has 0 fully saturated rings. The Labute approximate surface area is 170 Å². The predicted octanol–water partition coefficient (Wildman–Crippen LogP) is 4.62. The number of nitro groups is 1. The highest BCUT2D eigenvalue weighted by molar-refractivity contribution is 7.99. The van der Waals surface area contributed by atoms with E-state index >= 15 is 0 Å². The normalized spacial score (nSPS) is 10.8. The van der Waals surface area contributed by atoms with E-state index in [-0.39, 0.29) is 17.3 Å². The van der Waals surface area contributed by atoms with Crippen molar-refractivity contribution < 1.29 is 14.5 Å². The molecule has 0 aliphatic heterocycles. The van der Waals surface area contributed by atoms with Gasteiger partial charge in [-0.15, -0.1) is 11.8 Å². The van der Waals surface area contributed by atoms with Crippen LogP contribution in [0.5, 0.6) is 5.75 Å². The average molecular weight is 403 g/mol. The minimum absolute atomic E-state index is 0.0287. The Kier molecular flexibility index (Phi) is 7.87. The van der Waals surface area contributed by atoms with Crippen LogP contribution in [0.15, 0.2) is 42.5 Å². The van der Waals surface area contributed by atoms with Crippen LogP contribution in [0.2, 0.25) is 0 Å². The Bertz CT molecular complexity index is 822. The molecule has 2 aromatic rings. The molecule has 0 N–H and O–H groups in total. The summed E-state index contributed by atoms with van der Waals surface area (Å²) in [5, 5.41) is 11.1. The molecule has 0 aromatic heterocycles. The summed E-state index contributed by atoms with van der Waals surface area (Å²) in [4.78, 5) is 24.7. The van der Waals surface area contributed by atoms with Gasteiger partial charge in [-0.3, -0.25) is 14.9 Å². The van der Waals surface area contributed by atoms with Crippen molar-refractivity contribution in [3.8, 4) is 5.75 Å². The van der Waals surface area contributed by atoms with Gasteiger partial charge in [0.2, 0.25) is 5.91 Å². The third kappa shape index (κ3) is 5.99. The Morgan fingerprint density at radius 3 is 2.39 bits per heavy atom. The summed E-state index contributed by atoms with van der Waals surface area (Å²) in [6.45, 7) is 4.87. The van der Waals surface area contributed by atoms with Gasteiger partial charge < -0.3 is 9.64 Å². The number of benzene rings is 2. The first-order valence-electron chi connectivity index (χ1n) is 9.03. The summed E-state index contributed by atoms with van der Waals surface area (Å²) in [5.41, 5.74) is 3.10. The molecule has 1 amide bonds. The molecule has 0 bridgehead atoms. The van der Waals surface area contributed by atoms with E-state index in [1.165, 1.54) is 30.5 Å². The third-order valence-electron chi connectivity index (χ3n) is 4.43. The van der Waals surface area contributed by atoms with E-state index in [2.05, 4.69) is 38.1 Å². The maximum Gasteiger partial charge on any atom is 0.311 e. The molecule has 0 radical (unpaired) electrons. The number of nitro benzene ring substituents is 1. The predicted molar refractivity (Wildman–Crippen MR) is 113 cm³/mol. The lowest BCUT2D eigenvalue weighted by Gasteiger charge is -2.17. The van der Waals surface area contributed by atoms with Gasteiger partial charge >= 0.3 is 5.69 Å². The Hall–Kier alpha value is -2.54. The fourth-order valence-electron chi connectivity index (χ4n) is 2.70. The van der Waals surface area contributed by atoms with Gasteiger partial charge in [0, 0.05) is 25.4 Å². The van der Waals surface area contributed by atoms with Crippen LogP contribution < -0.4 is 4.74 Å². The highest BCUT2D eigenvalue weighted by Gasteiger charge is 2.16. The Morgan fingerprint density at radius 2 is 1.82 bits per heavy atom. The van der Waals surface area contributed by atoms with Crippen molar-refractivity contribution in [1.82, 2.24) is 4.90 Å². The van der Waals surface area contributed by atoms with Crippen molar-refractivity contribution in [2.45, 2.75) is 32.1 Å². The van der Waals surface area contributed by atoms with Gasteiger partial charge in [0.15, 0.2) is 5.75 Å². The zero-order valence-electron chi connectivity index (χ0n) is 16.7. The highest BCUT2D eigenvalue weighted by atomic mass is 32.2. The molecule has 2 rings (SSSR count). The minimum Gasteiger partial charge on any atom is -0.490 e. The van der Waals surface area contributed by atoms with Crippen LogP contribution >= 0.6 is 11.8 Å². The molecule has 6 nitrogen and oxygen atoms in total. The number of carbonyl (C=O) groups is 1. The second-order valence-corrected chi connectivity index (χ2v) is 7.89. The van der Waals surface area contributed by atoms with Gasteiger partial charge in [0.1, 0.15) is 0 Å². The smallest absolute Gasteiger partial charge is 0.311 e. The number of ether oxygens (including phenoxy) is 1. The summed E-state index contributed by atoms with van der Waals surface area (Å²) >= 11 is 1.44. The van der Waals surface area contributed by atoms with Crippen molar-refractivity contribution in [2.75, 3.05) is 19.9 Å². The molecule has 0 heterocycles. The average Bonchev–Trinajstić information content (AvgIpc) is 2.68. The fraction of sp³-hybridized carbons (Fsp3) is 0.381. The van der Waals surface area contributed by atoms with Gasteiger partial charge in [-0.05, 0) is 28.7 Å². The third-order valence-corrected chi connectivity index (χ3v) is 5.41. The van der Waals surface area contributed by atoms with E-state index < -0.39 is 4.92 Å². The number of thioether (sulfide) groups is 1. The lowest BCUT2D eigenvalue weighted by Crippen LogP contribution is -2.27. The van der Waals surface area contributed by atoms with Crippen LogP contribution in [0.25, 0.3) is 0 Å². The largest absolute Gasteiger partial charge is 0.490 e. The van der Waals surface area contributed by atoms with Gasteiger partial charge in [0.05, 0.1) is 17.8 Å². The minimum atomic E-state index is -0.462. The lowest BCUT2D eigenvalue weighted by atomic mass is 10.0. The quantitative estimate of drug-likeness (QED) is 0.452. The first-order chi connectivity index (χ1) is 13.3. The zero-order chi connectivity index (χ0) is 20.7. The molecule has 0 saturated carbocycles. The Morgan fingerprint density at radius 1 is 1.18 bits per heavy atom. The molecular formula is C21H26N2O4S. The van der Waals surface area contributed by atoms with Gasteiger partial charge in [-0.2, -0.15) is 0 Å². The standard InChI is InChI=1S/C21H26N2O4S/c1-15(2)18-8-5-16(6-9-18)12-22(3)21(24)14-28-13-17-7-10-20(27-4)19(11-17)23(25)26/h5-11,15H,12-14H2,1-4H3. The summed E-state index contributed by atoms with van der Waals surface area (Å²) in [5.74, 6) is 1.59. The van der Waals surface area contributed by atoms with Crippen LogP contribution in [-0.4, -0.2) is 35.6 Å². The molecule has 7 heteroatoms. The number of hydrogen-bond donors (Lipinski definition) is 0. The van der Waals surface area contributed by atoms with Crippen LogP contribution in [0.1, 0.15) is 36.5 Å². The molecule has 0 atom stereocenters. The maximum atomic E-state index is 12.4. The van der Waals surface area contributed by atoms with E-state index in [1.54, 1.807) is 24.1 Å². The second-order valence-electron chi connectivity index (χ2n) is 6.90. The number of carbonyl (C=O) groups excluding carboxylic acids is 1. The fourth-order valence-corrected chi connectivity index (χ4v) is 3.62. The lowest BCUT2D eigenvalue weighted by molar-refractivity contribution is -0.385. The van der Waals surface area contributed by atoms with Gasteiger partial charge in [0.25, 0.3) is 0 Å². The highest BCUT2D eigenvalue weighted by Crippen LogP contribution is 2.29. The molecular weight excluding hydrogens is 376 g/mol. The van der Waals surface area contributed by atoms with E-state index in [4.69, 9.17) is 4.74 Å². The van der Waals surface area contributed by atoms with E-state index in [1.807, 2.05) is 0 Å². The van der Waals surface area contributed by atoms with E-state index in [9.17, 15) is 14.9 Å². The molecule has 0 aliphatic carbocycles. The first kappa shape index (κ1) is 21.8. The summed E-state index contributed by atoms with van der Waals surface area (Å²) in [6, 6.07) is 13.2. The van der Waals surface area contributed by atoms with Gasteiger partial charge in [-0.25, -0.2) is 0 Å². The monoisotopic (exact) mass is 402 g/mol. The van der Waals surface area contributed by atoms with Crippen LogP contribution in [0.3, 0.4) is 0 Å². The SMILES string of the molecule is COc1ccc(CSCC(=O)N(C)Cc2ccc(C(C)C)cc2)cc1[N+](=O)[O-]. The van der Waals surface area contributed by atoms with E-state index in [0.29, 0.717) is 24.0 Å². The molecule has 28 heavy (non-hydrogen) atoms. The van der Waals surface area contributed by atoms with Crippen LogP contribution in [-0.2, 0) is 17.1 Å². The molecule has 0 aliphatic rings. The molecule has 2 aromatic carbocycles. The van der Waals surface area contributed by atoms with Gasteiger partial charge in [-0.1, -0.05) is 44.2 Å². The molecule has 150 valence electrons. The summed E-state index contributed by atoms with van der Waals surface area (Å²) < 4.78 is 5.00. The van der Waals surface area contributed by atoms with Crippen molar-refractivity contribution in [1.29, 1.82) is 0 Å². The summed E-state index contributed by atoms with van der Waals surface area (Å²) in [7, 11) is 3.19. The van der Waals surface area contributed by atoms with E-state index in [0.717, 1.165) is 11.1 Å². The van der Waals surface area contributed by atoms with Crippen molar-refractivity contribution in [3.05, 3.63) is 69.3 Å². The van der Waals surface area contributed by atoms with Crippen molar-refractivity contribution >= 4 is 23.4 Å². The number of methoxy groups -OCH3 is 1. The van der Waals surface area contributed by atoms with Crippen LogP contribution in [0.4, 0.5) is 5.69 Å². The molecule has 0 saturated heterocycles. The number of nitrogens with zero attached hydrogens (tertiary/aromatic N) is 2. The molecule has 0 unspecified atom stereocenters. The van der Waals surface area contributed by atoms with Crippen molar-refractivity contribution in [2.24, 2.45) is 0 Å². The Balaban J connectivity index is 1.86. The number of amides is 1. The maximum absolute atomic E-state index is 12.4. The molecule has 0 spiro atoms. The number of hydrogen-bond acceptors (Lipinski definition) is 5. The first-order valence-corrected chi connectivity index (χ1v) is 10.2. The van der Waals surface area contributed by atoms with Crippen LogP contribution in [0, 0.1) is 10.1 Å². The second kappa shape index (κ2) is 10.1. The number of rotatable bonds is 9. The summed E-state index contributed by atoms with van der Waals surface area (Å²) in [6.07, 6.45) is 0. The topological polar surface area (TPSA) is 72.7 Å².